The lowest BCUT2D eigenvalue weighted by molar-refractivity contribution is -0.383. The predicted octanol–water partition coefficient (Wildman–Crippen LogP) is 13.1. The van der Waals surface area contributed by atoms with E-state index in [1.807, 2.05) is 182 Å². The van der Waals surface area contributed by atoms with Crippen LogP contribution in [-0.2, 0) is 130 Å². The molecule has 3 saturated heterocycles. The Labute approximate surface area is 643 Å². The molecule has 0 aliphatic carbocycles. The summed E-state index contributed by atoms with van der Waals surface area (Å²) in [4.78, 5) is 69.5. The number of unbranched alkanes of at least 4 members (excludes halogenated alkanes) is 5. The van der Waals surface area contributed by atoms with Crippen LogP contribution in [-0.4, -0.2) is 155 Å². The zero-order valence-electron chi connectivity index (χ0n) is 62.3. The SMILES string of the molecule is COC(=O)CCCCCCCCOC1OC(COCc2ccccc2)C(OC2OC(COC(=O)c3ccccc3)C(OC(C)=O)C(OC3OC(COCc4ccccc4)C(OCc4ccccc4)C(OCc4ccccc4)C3OCc3ccccc3)C2OC(=O)c2ccccc2)C(OCc2ccccc2)C1NC(C)=O. The van der Waals surface area contributed by atoms with E-state index >= 15 is 4.79 Å². The highest BCUT2D eigenvalue weighted by Crippen LogP contribution is 2.40. The lowest BCUT2D eigenvalue weighted by Crippen LogP contribution is -2.69. The minimum absolute atomic E-state index is 0.0163. The molecule has 1 amide bonds. The van der Waals surface area contributed by atoms with Gasteiger partial charge in [0.05, 0.1) is 71.1 Å². The van der Waals surface area contributed by atoms with E-state index in [2.05, 4.69) is 5.32 Å². The normalized spacial score (nSPS) is 23.8. The first kappa shape index (κ1) is 81.6. The third-order valence-electron chi connectivity index (χ3n) is 18.9. The molecule has 8 aromatic rings. The highest BCUT2D eigenvalue weighted by atomic mass is 16.8. The van der Waals surface area contributed by atoms with Gasteiger partial charge in [0, 0.05) is 26.9 Å². The van der Waals surface area contributed by atoms with Gasteiger partial charge in [0.2, 0.25) is 5.91 Å². The van der Waals surface area contributed by atoms with Gasteiger partial charge in [-0.15, -0.1) is 0 Å². The third kappa shape index (κ3) is 25.1. The number of hydrogen-bond acceptors (Lipinski definition) is 21. The van der Waals surface area contributed by atoms with Crippen LogP contribution in [0, 0.1) is 0 Å². The van der Waals surface area contributed by atoms with E-state index in [1.165, 1.54) is 21.0 Å². The van der Waals surface area contributed by atoms with Crippen molar-refractivity contribution < 1.29 is 99.8 Å². The minimum Gasteiger partial charge on any atom is -0.469 e. The van der Waals surface area contributed by atoms with E-state index in [9.17, 15) is 19.2 Å². The number of benzene rings is 8. The highest BCUT2D eigenvalue weighted by Gasteiger charge is 2.59. The van der Waals surface area contributed by atoms with Crippen LogP contribution in [0.1, 0.15) is 113 Å². The first-order valence-corrected chi connectivity index (χ1v) is 37.7. The largest absolute Gasteiger partial charge is 0.469 e. The standard InChI is InChI=1S/C88H99NO21/c1-61(90)89-75-79(100-55-66-40-22-11-23-41-66)77(72(59-97-53-64-36-18-9-19-37-64)105-86(75)98-51-33-7-5-4-6-32-50-74(92)95-3)109-88-83(108-85(94)70-48-30-15-31-49-70)81(78(104-62(2)91)73(107-88)60-103-84(93)69-46-28-14-29-47-69)110-87-82(102-57-68-44-26-13-27-45-68)80(101-56-67-42-24-12-25-43-67)76(99-54-65-38-20-10-21-39-65)71(106-87)58-96-52-63-34-16-8-17-35-63/h8-31,34-49,71-73,75-83,86-88H,4-7,32-33,50-60H2,1-3H3,(H,89,90). The van der Waals surface area contributed by atoms with Gasteiger partial charge in [-0.2, -0.15) is 0 Å². The number of amides is 1. The molecule has 0 bridgehead atoms. The molecule has 582 valence electrons. The van der Waals surface area contributed by atoms with Crippen molar-refractivity contribution in [3.63, 3.8) is 0 Å². The summed E-state index contributed by atoms with van der Waals surface area (Å²) < 4.78 is 110. The summed E-state index contributed by atoms with van der Waals surface area (Å²) in [6, 6.07) is 72.9. The van der Waals surface area contributed by atoms with Crippen LogP contribution in [0.2, 0.25) is 0 Å². The summed E-state index contributed by atoms with van der Waals surface area (Å²) in [5.74, 6) is -3.15. The van der Waals surface area contributed by atoms with Gasteiger partial charge in [0.15, 0.2) is 31.1 Å². The molecule has 15 atom stereocenters. The molecule has 8 aromatic carbocycles. The molecule has 1 N–H and O–H groups in total. The zero-order valence-corrected chi connectivity index (χ0v) is 62.3. The molecule has 22 nitrogen and oxygen atoms in total. The molecule has 15 unspecified atom stereocenters. The number of methoxy groups -OCH3 is 1. The number of nitrogens with one attached hydrogen (secondary N) is 1. The number of esters is 4. The maximum atomic E-state index is 15.4. The molecule has 3 aliphatic rings. The Balaban J connectivity index is 1.04. The molecule has 11 rings (SSSR count). The first-order chi connectivity index (χ1) is 53.9. The van der Waals surface area contributed by atoms with Crippen LogP contribution in [0.4, 0.5) is 0 Å². The van der Waals surface area contributed by atoms with E-state index in [0.29, 0.717) is 19.3 Å². The van der Waals surface area contributed by atoms with Crippen molar-refractivity contribution in [1.82, 2.24) is 5.32 Å². The van der Waals surface area contributed by atoms with Crippen LogP contribution < -0.4 is 5.32 Å². The fourth-order valence-corrected chi connectivity index (χ4v) is 13.4. The Kier molecular flexibility index (Phi) is 32.6. The van der Waals surface area contributed by atoms with Gasteiger partial charge in [-0.3, -0.25) is 14.4 Å². The van der Waals surface area contributed by atoms with Crippen molar-refractivity contribution in [2.75, 3.05) is 33.5 Å². The zero-order chi connectivity index (χ0) is 76.5. The summed E-state index contributed by atoms with van der Waals surface area (Å²) in [7, 11) is 1.39. The maximum absolute atomic E-state index is 15.4. The topological polar surface area (TPSA) is 245 Å². The molecular weight excluding hydrogens is 1410 g/mol. The Bertz CT molecular complexity index is 3990. The summed E-state index contributed by atoms with van der Waals surface area (Å²) in [5, 5.41) is 3.09. The van der Waals surface area contributed by atoms with Gasteiger partial charge < -0.3 is 81.1 Å². The monoisotopic (exact) mass is 1510 g/mol. The van der Waals surface area contributed by atoms with Gasteiger partial charge in [-0.1, -0.05) is 244 Å². The average molecular weight is 1510 g/mol. The number of carbonyl (C=O) groups is 5. The van der Waals surface area contributed by atoms with Gasteiger partial charge in [0.1, 0.15) is 67.6 Å². The summed E-state index contributed by atoms with van der Waals surface area (Å²) in [6.07, 6.45) is -14.2. The van der Waals surface area contributed by atoms with Crippen LogP contribution in [0.5, 0.6) is 0 Å². The fraction of sp³-hybridized carbons (Fsp3) is 0.398. The number of rotatable bonds is 41. The van der Waals surface area contributed by atoms with Crippen LogP contribution in [0.15, 0.2) is 243 Å². The Morgan fingerprint density at radius 1 is 0.345 bits per heavy atom. The minimum atomic E-state index is -1.83. The lowest BCUT2D eigenvalue weighted by Gasteiger charge is -2.51. The average Bonchev–Trinajstić information content (AvgIpc) is 0.757. The van der Waals surface area contributed by atoms with Crippen LogP contribution >= 0.6 is 0 Å². The number of hydrogen-bond donors (Lipinski definition) is 1. The Morgan fingerprint density at radius 2 is 0.727 bits per heavy atom. The van der Waals surface area contributed by atoms with E-state index in [1.54, 1.807) is 60.7 Å². The first-order valence-electron chi connectivity index (χ1n) is 37.7. The Morgan fingerprint density at radius 3 is 1.20 bits per heavy atom. The second kappa shape index (κ2) is 43.9. The van der Waals surface area contributed by atoms with E-state index in [0.717, 1.165) is 59.1 Å². The van der Waals surface area contributed by atoms with Crippen molar-refractivity contribution in [2.45, 2.75) is 190 Å². The van der Waals surface area contributed by atoms with Crippen molar-refractivity contribution in [1.29, 1.82) is 0 Å². The van der Waals surface area contributed by atoms with Crippen molar-refractivity contribution in [2.24, 2.45) is 0 Å². The maximum Gasteiger partial charge on any atom is 0.338 e. The summed E-state index contributed by atoms with van der Waals surface area (Å²) in [6.45, 7) is 2.31. The molecule has 0 radical (unpaired) electrons. The fourth-order valence-electron chi connectivity index (χ4n) is 13.4. The molecule has 110 heavy (non-hydrogen) atoms. The van der Waals surface area contributed by atoms with E-state index in [4.69, 9.17) is 75.8 Å². The van der Waals surface area contributed by atoms with Crippen molar-refractivity contribution >= 4 is 29.8 Å². The molecule has 3 fully saturated rings. The molecule has 0 aromatic heterocycles. The quantitative estimate of drug-likeness (QED) is 0.0213. The highest BCUT2D eigenvalue weighted by molar-refractivity contribution is 5.90. The van der Waals surface area contributed by atoms with Gasteiger partial charge in [-0.05, 0) is 70.5 Å². The van der Waals surface area contributed by atoms with Gasteiger partial charge in [0.25, 0.3) is 0 Å². The molecular formula is C88H99NO21. The molecule has 3 aliphatic heterocycles. The van der Waals surface area contributed by atoms with Crippen molar-refractivity contribution in [3.05, 3.63) is 287 Å². The lowest BCUT2D eigenvalue weighted by atomic mass is 9.94. The number of carbonyl (C=O) groups excluding carboxylic acids is 5. The van der Waals surface area contributed by atoms with Gasteiger partial charge in [-0.25, -0.2) is 9.59 Å². The molecule has 0 saturated carbocycles. The third-order valence-corrected chi connectivity index (χ3v) is 18.9. The second-order valence-corrected chi connectivity index (χ2v) is 27.2. The van der Waals surface area contributed by atoms with Crippen LogP contribution in [0.3, 0.4) is 0 Å². The van der Waals surface area contributed by atoms with E-state index in [-0.39, 0.29) is 76.6 Å². The number of ether oxygens (including phenoxy) is 16. The Hall–Kier alpha value is -9.37. The second-order valence-electron chi connectivity index (χ2n) is 27.2. The van der Waals surface area contributed by atoms with E-state index < -0.39 is 122 Å². The molecule has 0 spiro atoms. The van der Waals surface area contributed by atoms with Crippen LogP contribution in [0.25, 0.3) is 0 Å². The summed E-state index contributed by atoms with van der Waals surface area (Å²) in [5.41, 5.74) is 5.28. The van der Waals surface area contributed by atoms with Crippen molar-refractivity contribution in [3.8, 4) is 0 Å². The summed E-state index contributed by atoms with van der Waals surface area (Å²) >= 11 is 0. The molecule has 22 heteroatoms. The predicted molar refractivity (Wildman–Crippen MR) is 404 cm³/mol. The van der Waals surface area contributed by atoms with Gasteiger partial charge >= 0.3 is 23.9 Å². The molecule has 3 heterocycles. The smallest absolute Gasteiger partial charge is 0.338 e.